The quantitative estimate of drug-likeness (QED) is 0.0236. The fourth-order valence-electron chi connectivity index (χ4n) is 7.06. The zero-order chi connectivity index (χ0) is 45.3. The first-order valence-electron chi connectivity index (χ1n) is 25.6. The number of aliphatic hydroxyl groups is 2. The van der Waals surface area contributed by atoms with Gasteiger partial charge in [0.1, 0.15) is 12.2 Å². The molecule has 10 heteroatoms. The van der Waals surface area contributed by atoms with Crippen molar-refractivity contribution >= 4 is 13.8 Å². The van der Waals surface area contributed by atoms with Crippen LogP contribution in [0.1, 0.15) is 232 Å². The molecule has 0 radical (unpaired) electrons. The molecule has 3 N–H and O–H groups in total. The van der Waals surface area contributed by atoms with Gasteiger partial charge in [0.25, 0.3) is 0 Å². The van der Waals surface area contributed by atoms with Crippen LogP contribution in [0.25, 0.3) is 0 Å². The van der Waals surface area contributed by atoms with Crippen LogP contribution in [0.15, 0.2) is 48.6 Å². The highest BCUT2D eigenvalue weighted by Crippen LogP contribution is 2.43. The maximum absolute atomic E-state index is 12.7. The van der Waals surface area contributed by atoms with Crippen molar-refractivity contribution in [3.05, 3.63) is 48.6 Å². The summed E-state index contributed by atoms with van der Waals surface area (Å²) >= 11 is 0. The lowest BCUT2D eigenvalue weighted by Gasteiger charge is -2.20. The number of carbonyl (C=O) groups excluding carboxylic acids is 1. The first-order chi connectivity index (χ1) is 30.3. The van der Waals surface area contributed by atoms with Gasteiger partial charge in [-0.3, -0.25) is 13.8 Å². The molecule has 0 aromatic rings. The van der Waals surface area contributed by atoms with E-state index in [0.29, 0.717) is 6.61 Å². The molecular formula is C52H97O9P. The van der Waals surface area contributed by atoms with Gasteiger partial charge in [0.05, 0.1) is 26.4 Å². The summed E-state index contributed by atoms with van der Waals surface area (Å²) in [6, 6.07) is 0. The Hall–Kier alpha value is -1.58. The van der Waals surface area contributed by atoms with Crippen LogP contribution in [0.5, 0.6) is 0 Å². The Bertz CT molecular complexity index is 1110. The van der Waals surface area contributed by atoms with Crippen LogP contribution < -0.4 is 0 Å². The smallest absolute Gasteiger partial charge is 0.457 e. The minimum absolute atomic E-state index is 0.0417. The maximum atomic E-state index is 12.7. The number of aliphatic hydroxyl groups excluding tert-OH is 2. The molecule has 0 aliphatic carbocycles. The highest BCUT2D eigenvalue weighted by Gasteiger charge is 2.26. The molecule has 3 atom stereocenters. The summed E-state index contributed by atoms with van der Waals surface area (Å²) < 4.78 is 33.5. The second-order valence-corrected chi connectivity index (χ2v) is 18.6. The molecule has 3 unspecified atom stereocenters. The molecule has 0 saturated heterocycles. The van der Waals surface area contributed by atoms with Crippen molar-refractivity contribution in [3.63, 3.8) is 0 Å². The average Bonchev–Trinajstić information content (AvgIpc) is 3.26. The molecule has 0 aliphatic rings. The fourth-order valence-corrected chi connectivity index (χ4v) is 7.85. The van der Waals surface area contributed by atoms with Crippen molar-refractivity contribution in [2.75, 3.05) is 33.0 Å². The van der Waals surface area contributed by atoms with Crippen LogP contribution in [-0.4, -0.2) is 66.3 Å². The molecule has 0 spiro atoms. The van der Waals surface area contributed by atoms with Crippen LogP contribution in [0.2, 0.25) is 0 Å². The van der Waals surface area contributed by atoms with Crippen molar-refractivity contribution in [3.8, 4) is 0 Å². The van der Waals surface area contributed by atoms with Gasteiger partial charge in [-0.05, 0) is 77.0 Å². The molecular weight excluding hydrogens is 800 g/mol. The van der Waals surface area contributed by atoms with E-state index in [1.54, 1.807) is 0 Å². The summed E-state index contributed by atoms with van der Waals surface area (Å²) in [5, 5.41) is 18.4. The largest absolute Gasteiger partial charge is 0.472 e. The SMILES string of the molecule is CCCCC/C=C\C/C=C\C/C=C\CCCCCCCCCOCC(COP(=O)(O)OCC(O)CO)OC(=O)CCCCCCCCCCC/C=C\CCCCCCCCCC. The van der Waals surface area contributed by atoms with Crippen molar-refractivity contribution in [1.82, 2.24) is 0 Å². The predicted molar refractivity (Wildman–Crippen MR) is 260 cm³/mol. The van der Waals surface area contributed by atoms with Gasteiger partial charge in [0.2, 0.25) is 0 Å². The van der Waals surface area contributed by atoms with Crippen LogP contribution in [0.4, 0.5) is 0 Å². The Morgan fingerprint density at radius 3 is 1.35 bits per heavy atom. The second kappa shape index (κ2) is 48.9. The van der Waals surface area contributed by atoms with Crippen molar-refractivity contribution in [1.29, 1.82) is 0 Å². The lowest BCUT2D eigenvalue weighted by Crippen LogP contribution is -2.29. The van der Waals surface area contributed by atoms with Gasteiger partial charge in [0.15, 0.2) is 0 Å². The van der Waals surface area contributed by atoms with Gasteiger partial charge in [-0.2, -0.15) is 0 Å². The van der Waals surface area contributed by atoms with Gasteiger partial charge < -0.3 is 24.6 Å². The Morgan fingerprint density at radius 1 is 0.500 bits per heavy atom. The van der Waals surface area contributed by atoms with E-state index in [1.807, 2.05) is 0 Å². The van der Waals surface area contributed by atoms with E-state index in [1.165, 1.54) is 154 Å². The molecule has 62 heavy (non-hydrogen) atoms. The summed E-state index contributed by atoms with van der Waals surface area (Å²) in [4.78, 5) is 22.7. The van der Waals surface area contributed by atoms with Gasteiger partial charge in [-0.15, -0.1) is 0 Å². The Kier molecular flexibility index (Phi) is 47.6. The molecule has 0 bridgehead atoms. The molecule has 0 aromatic heterocycles. The number of ether oxygens (including phenoxy) is 2. The maximum Gasteiger partial charge on any atom is 0.472 e. The van der Waals surface area contributed by atoms with Gasteiger partial charge in [0, 0.05) is 13.0 Å². The van der Waals surface area contributed by atoms with E-state index >= 15 is 0 Å². The molecule has 364 valence electrons. The van der Waals surface area contributed by atoms with E-state index in [9.17, 15) is 19.4 Å². The van der Waals surface area contributed by atoms with E-state index in [0.717, 1.165) is 57.8 Å². The van der Waals surface area contributed by atoms with Crippen LogP contribution in [0, 0.1) is 0 Å². The van der Waals surface area contributed by atoms with Crippen molar-refractivity contribution in [2.45, 2.75) is 244 Å². The number of unbranched alkanes of at least 4 members (excludes halogenated alkanes) is 27. The van der Waals surface area contributed by atoms with Crippen LogP contribution in [-0.2, 0) is 27.9 Å². The highest BCUT2D eigenvalue weighted by molar-refractivity contribution is 7.47. The van der Waals surface area contributed by atoms with Gasteiger partial charge >= 0.3 is 13.8 Å². The zero-order valence-electron chi connectivity index (χ0n) is 40.1. The standard InChI is InChI=1S/C52H97O9P/c1-3-5-7-9-11-13-15-17-19-21-23-25-26-28-30-32-34-36-38-40-42-44-52(55)61-51(49-60-62(56,57)59-47-50(54)46-53)48-58-45-43-41-39-37-35-33-31-29-27-24-22-20-18-16-14-12-10-8-6-4-2/h12,14,18,20-21,23-24,27,50-51,53-54H,3-11,13,15-17,19,22,25-26,28-49H2,1-2H3,(H,56,57)/b14-12-,20-18-,23-21-,27-24-. The van der Waals surface area contributed by atoms with Crippen LogP contribution >= 0.6 is 7.82 Å². The summed E-state index contributed by atoms with van der Waals surface area (Å²) in [7, 11) is -4.53. The molecule has 0 saturated carbocycles. The number of hydrogen-bond acceptors (Lipinski definition) is 8. The third-order valence-corrected chi connectivity index (χ3v) is 11.9. The Labute approximate surface area is 381 Å². The van der Waals surface area contributed by atoms with Gasteiger partial charge in [-0.1, -0.05) is 197 Å². The summed E-state index contributed by atoms with van der Waals surface area (Å²) in [5.41, 5.74) is 0. The minimum Gasteiger partial charge on any atom is -0.457 e. The topological polar surface area (TPSA) is 132 Å². The van der Waals surface area contributed by atoms with Crippen molar-refractivity contribution in [2.24, 2.45) is 0 Å². The molecule has 0 fully saturated rings. The van der Waals surface area contributed by atoms with E-state index in [4.69, 9.17) is 23.6 Å². The number of phosphoric acid groups is 1. The minimum atomic E-state index is -4.53. The van der Waals surface area contributed by atoms with E-state index < -0.39 is 33.2 Å². The zero-order valence-corrected chi connectivity index (χ0v) is 41.0. The van der Waals surface area contributed by atoms with Gasteiger partial charge in [-0.25, -0.2) is 4.57 Å². The van der Waals surface area contributed by atoms with Crippen LogP contribution in [0.3, 0.4) is 0 Å². The Morgan fingerprint density at radius 2 is 0.871 bits per heavy atom. The monoisotopic (exact) mass is 897 g/mol. The number of allylic oxidation sites excluding steroid dienone is 8. The third-order valence-electron chi connectivity index (χ3n) is 11.0. The molecule has 0 rings (SSSR count). The predicted octanol–water partition coefficient (Wildman–Crippen LogP) is 14.9. The van der Waals surface area contributed by atoms with E-state index in [-0.39, 0.29) is 25.6 Å². The number of rotatable bonds is 49. The molecule has 9 nitrogen and oxygen atoms in total. The van der Waals surface area contributed by atoms with E-state index in [2.05, 4.69) is 62.5 Å². The third kappa shape index (κ3) is 47.9. The number of esters is 1. The van der Waals surface area contributed by atoms with Crippen molar-refractivity contribution < 1.29 is 43.0 Å². The first kappa shape index (κ1) is 60.4. The average molecular weight is 897 g/mol. The molecule has 0 amide bonds. The molecule has 0 aliphatic heterocycles. The first-order valence-corrected chi connectivity index (χ1v) is 27.1. The summed E-state index contributed by atoms with van der Waals surface area (Å²) in [5.74, 6) is -0.387. The number of carbonyl (C=O) groups is 1. The summed E-state index contributed by atoms with van der Waals surface area (Å²) in [6.45, 7) is 3.49. The normalized spacial score (nSPS) is 14.2. The number of hydrogen-bond donors (Lipinski definition) is 3. The lowest BCUT2D eigenvalue weighted by molar-refractivity contribution is -0.154. The summed E-state index contributed by atoms with van der Waals surface area (Å²) in [6.07, 6.45) is 56.4. The molecule has 0 heterocycles. The fraction of sp³-hybridized carbons (Fsp3) is 0.827. The lowest BCUT2D eigenvalue weighted by atomic mass is 10.1. The Balaban J connectivity index is 4.10. The highest BCUT2D eigenvalue weighted by atomic mass is 31.2. The number of phosphoric ester groups is 1. The molecule has 0 aromatic carbocycles. The second-order valence-electron chi connectivity index (χ2n) is 17.2.